The quantitative estimate of drug-likeness (QED) is 0.890. The summed E-state index contributed by atoms with van der Waals surface area (Å²) in [6.07, 6.45) is 7.88. The first-order valence-electron chi connectivity index (χ1n) is 7.59. The lowest BCUT2D eigenvalue weighted by Crippen LogP contribution is -2.33. The van der Waals surface area contributed by atoms with E-state index < -0.39 is 0 Å². The Balaban J connectivity index is 2.17. The van der Waals surface area contributed by atoms with Gasteiger partial charge in [0.25, 0.3) is 0 Å². The van der Waals surface area contributed by atoms with Gasteiger partial charge in [0.05, 0.1) is 5.69 Å². The predicted molar refractivity (Wildman–Crippen MR) is 84.0 cm³/mol. The Hall–Kier alpha value is -0.610. The lowest BCUT2D eigenvalue weighted by molar-refractivity contribution is 0.427. The third-order valence-electron chi connectivity index (χ3n) is 4.40. The van der Waals surface area contributed by atoms with Crippen LogP contribution in [0.25, 0.3) is 0 Å². The number of hydrogen-bond donors (Lipinski definition) is 1. The molecule has 1 aromatic heterocycles. The van der Waals surface area contributed by atoms with Gasteiger partial charge in [0, 0.05) is 24.5 Å². The fourth-order valence-electron chi connectivity index (χ4n) is 2.85. The zero-order valence-electron chi connectivity index (χ0n) is 12.5. The van der Waals surface area contributed by atoms with Crippen LogP contribution in [0.3, 0.4) is 0 Å². The number of nitrogens with two attached hydrogens (primary N) is 1. The Morgan fingerprint density at radius 1 is 1.37 bits per heavy atom. The van der Waals surface area contributed by atoms with Crippen LogP contribution in [0.15, 0.2) is 0 Å². The van der Waals surface area contributed by atoms with Crippen molar-refractivity contribution in [2.24, 2.45) is 5.73 Å². The third-order valence-corrected chi connectivity index (χ3v) is 5.59. The molecule has 3 nitrogen and oxygen atoms in total. The van der Waals surface area contributed by atoms with Gasteiger partial charge in [-0.05, 0) is 25.2 Å². The maximum absolute atomic E-state index is 5.89. The second kappa shape index (κ2) is 6.71. The molecule has 2 rings (SSSR count). The summed E-state index contributed by atoms with van der Waals surface area (Å²) in [5.74, 6) is 0.517. The molecule has 1 atom stereocenters. The van der Waals surface area contributed by atoms with Gasteiger partial charge < -0.3 is 10.6 Å². The second-order valence-corrected chi connectivity index (χ2v) is 6.78. The van der Waals surface area contributed by atoms with Crippen molar-refractivity contribution in [2.45, 2.75) is 70.9 Å². The van der Waals surface area contributed by atoms with Crippen LogP contribution in [0.4, 0.5) is 5.13 Å². The molecule has 1 aromatic rings. The number of aromatic nitrogens is 1. The fourth-order valence-corrected chi connectivity index (χ4v) is 3.94. The van der Waals surface area contributed by atoms with Gasteiger partial charge in [0.1, 0.15) is 0 Å². The average Bonchev–Trinajstić information content (AvgIpc) is 2.90. The molecule has 1 saturated carbocycles. The van der Waals surface area contributed by atoms with E-state index in [1.807, 2.05) is 0 Å². The first kappa shape index (κ1) is 14.8. The topological polar surface area (TPSA) is 42.2 Å². The van der Waals surface area contributed by atoms with E-state index in [1.165, 1.54) is 47.8 Å². The van der Waals surface area contributed by atoms with Crippen LogP contribution in [0.2, 0.25) is 0 Å². The minimum atomic E-state index is 0.517. The van der Waals surface area contributed by atoms with E-state index in [1.54, 1.807) is 11.3 Å². The number of anilines is 1. The van der Waals surface area contributed by atoms with Gasteiger partial charge in [0.15, 0.2) is 5.13 Å². The lowest BCUT2D eigenvalue weighted by atomic mass is 9.95. The van der Waals surface area contributed by atoms with Gasteiger partial charge >= 0.3 is 0 Å². The SMILES string of the molecule is CCC(C)c1nc(N(C)C2CCCCC2)sc1CN. The highest BCUT2D eigenvalue weighted by Crippen LogP contribution is 2.34. The van der Waals surface area contributed by atoms with E-state index in [9.17, 15) is 0 Å². The Morgan fingerprint density at radius 3 is 2.63 bits per heavy atom. The molecular weight excluding hydrogens is 254 g/mol. The molecule has 1 aliphatic rings. The van der Waals surface area contributed by atoms with Crippen molar-refractivity contribution in [2.75, 3.05) is 11.9 Å². The maximum atomic E-state index is 5.89. The van der Waals surface area contributed by atoms with E-state index >= 15 is 0 Å². The molecule has 2 N–H and O–H groups in total. The van der Waals surface area contributed by atoms with Crippen LogP contribution in [0.1, 0.15) is 68.9 Å². The minimum Gasteiger partial charge on any atom is -0.348 e. The van der Waals surface area contributed by atoms with Gasteiger partial charge in [-0.1, -0.05) is 33.1 Å². The summed E-state index contributed by atoms with van der Waals surface area (Å²) in [7, 11) is 2.20. The molecule has 0 radical (unpaired) electrons. The molecular formula is C15H27N3S. The molecule has 1 unspecified atom stereocenters. The van der Waals surface area contributed by atoms with Crippen LogP contribution in [-0.4, -0.2) is 18.1 Å². The lowest BCUT2D eigenvalue weighted by Gasteiger charge is -2.30. The molecule has 0 spiro atoms. The van der Waals surface area contributed by atoms with Gasteiger partial charge in [-0.25, -0.2) is 4.98 Å². The molecule has 1 fully saturated rings. The molecule has 108 valence electrons. The van der Waals surface area contributed by atoms with Crippen molar-refractivity contribution in [3.05, 3.63) is 10.6 Å². The Kier molecular flexibility index (Phi) is 5.22. The van der Waals surface area contributed by atoms with Gasteiger partial charge in [-0.3, -0.25) is 0 Å². The molecule has 0 saturated heterocycles. The molecule has 0 aromatic carbocycles. The zero-order valence-corrected chi connectivity index (χ0v) is 13.3. The van der Waals surface area contributed by atoms with Crippen LogP contribution < -0.4 is 10.6 Å². The van der Waals surface area contributed by atoms with Crippen molar-refractivity contribution >= 4 is 16.5 Å². The Morgan fingerprint density at radius 2 is 2.05 bits per heavy atom. The van der Waals surface area contributed by atoms with Gasteiger partial charge in [-0.15, -0.1) is 11.3 Å². The number of thiazole rings is 1. The van der Waals surface area contributed by atoms with Crippen molar-refractivity contribution in [1.82, 2.24) is 4.98 Å². The van der Waals surface area contributed by atoms with E-state index in [2.05, 4.69) is 25.8 Å². The summed E-state index contributed by atoms with van der Waals surface area (Å²) in [5, 5.41) is 1.17. The van der Waals surface area contributed by atoms with Crippen molar-refractivity contribution < 1.29 is 0 Å². The summed E-state index contributed by atoms with van der Waals surface area (Å²) in [4.78, 5) is 8.56. The van der Waals surface area contributed by atoms with E-state index in [-0.39, 0.29) is 0 Å². The van der Waals surface area contributed by atoms with Gasteiger partial charge in [-0.2, -0.15) is 0 Å². The third kappa shape index (κ3) is 3.29. The van der Waals surface area contributed by atoms with Crippen molar-refractivity contribution in [1.29, 1.82) is 0 Å². The summed E-state index contributed by atoms with van der Waals surface area (Å²) in [6, 6.07) is 0.676. The standard InChI is InChI=1S/C15H27N3S/c1-4-11(2)14-13(10-16)19-15(17-14)18(3)12-8-6-5-7-9-12/h11-12H,4-10,16H2,1-3H3. The van der Waals surface area contributed by atoms with Crippen molar-refractivity contribution in [3.63, 3.8) is 0 Å². The largest absolute Gasteiger partial charge is 0.348 e. The summed E-state index contributed by atoms with van der Waals surface area (Å²) >= 11 is 1.79. The molecule has 0 amide bonds. The highest BCUT2D eigenvalue weighted by atomic mass is 32.1. The molecule has 0 aliphatic heterocycles. The van der Waals surface area contributed by atoms with Crippen LogP contribution >= 0.6 is 11.3 Å². The highest BCUT2D eigenvalue weighted by Gasteiger charge is 2.23. The predicted octanol–water partition coefficient (Wildman–Crippen LogP) is 3.88. The monoisotopic (exact) mass is 281 g/mol. The smallest absolute Gasteiger partial charge is 0.185 e. The Labute approximate surface area is 121 Å². The molecule has 1 aliphatic carbocycles. The fraction of sp³-hybridized carbons (Fsp3) is 0.800. The zero-order chi connectivity index (χ0) is 13.8. The average molecular weight is 281 g/mol. The van der Waals surface area contributed by atoms with Gasteiger partial charge in [0.2, 0.25) is 0 Å². The minimum absolute atomic E-state index is 0.517. The van der Waals surface area contributed by atoms with E-state index in [4.69, 9.17) is 10.7 Å². The summed E-state index contributed by atoms with van der Waals surface area (Å²) in [5.41, 5.74) is 7.12. The number of rotatable bonds is 5. The molecule has 4 heteroatoms. The number of hydrogen-bond acceptors (Lipinski definition) is 4. The van der Waals surface area contributed by atoms with Crippen LogP contribution in [-0.2, 0) is 6.54 Å². The second-order valence-electron chi connectivity index (χ2n) is 5.72. The highest BCUT2D eigenvalue weighted by molar-refractivity contribution is 7.15. The first-order chi connectivity index (χ1) is 9.17. The van der Waals surface area contributed by atoms with Crippen LogP contribution in [0, 0.1) is 0 Å². The molecule has 0 bridgehead atoms. The Bertz CT molecular complexity index is 396. The maximum Gasteiger partial charge on any atom is 0.185 e. The summed E-state index contributed by atoms with van der Waals surface area (Å²) in [6.45, 7) is 5.09. The molecule has 1 heterocycles. The first-order valence-corrected chi connectivity index (χ1v) is 8.41. The number of nitrogens with zero attached hydrogens (tertiary/aromatic N) is 2. The van der Waals surface area contributed by atoms with Crippen molar-refractivity contribution in [3.8, 4) is 0 Å². The summed E-state index contributed by atoms with van der Waals surface area (Å²) < 4.78 is 0. The van der Waals surface area contributed by atoms with E-state index in [0.717, 1.165) is 6.42 Å². The molecule has 19 heavy (non-hydrogen) atoms. The van der Waals surface area contributed by atoms with E-state index in [0.29, 0.717) is 18.5 Å². The van der Waals surface area contributed by atoms with Crippen LogP contribution in [0.5, 0.6) is 0 Å². The normalized spacial score (nSPS) is 18.5.